The first-order valence-electron chi connectivity index (χ1n) is 9.38. The molecule has 4 nitrogen and oxygen atoms in total. The van der Waals surface area contributed by atoms with Crippen LogP contribution in [-0.2, 0) is 0 Å². The second-order valence-electron chi connectivity index (χ2n) is 8.06. The van der Waals surface area contributed by atoms with Crippen molar-refractivity contribution in [1.29, 1.82) is 0 Å². The maximum absolute atomic E-state index is 12.7. The monoisotopic (exact) mass is 337 g/mol. The number of pyridine rings is 1. The molecule has 1 aromatic rings. The maximum Gasteiger partial charge on any atom is 0.270 e. The molecule has 0 aromatic carbocycles. The van der Waals surface area contributed by atoms with Gasteiger partial charge >= 0.3 is 0 Å². The van der Waals surface area contributed by atoms with Crippen molar-refractivity contribution in [2.24, 2.45) is 0 Å². The van der Waals surface area contributed by atoms with Gasteiger partial charge in [0, 0.05) is 29.5 Å². The highest BCUT2D eigenvalue weighted by Crippen LogP contribution is 2.52. The number of allylic oxidation sites excluding steroid dienone is 3. The summed E-state index contributed by atoms with van der Waals surface area (Å²) in [6, 6.07) is 3.78. The molecule has 2 bridgehead atoms. The van der Waals surface area contributed by atoms with Gasteiger partial charge in [-0.1, -0.05) is 18.2 Å². The van der Waals surface area contributed by atoms with Crippen molar-refractivity contribution in [3.05, 3.63) is 53.5 Å². The van der Waals surface area contributed by atoms with Gasteiger partial charge in [-0.25, -0.2) is 0 Å². The summed E-state index contributed by atoms with van der Waals surface area (Å²) in [6.45, 7) is 5.19. The standard InChI is InChI=1S/C21H27N3O/c1-16-7-8-18(22-14-16)19(25)23-20-9-5-10-21(15-20,12-11-20)24-13-4-3-6-17(24)2/h3-4,6-8,14H,5,9-13,15H2,1-2H3,(H,23,25). The molecular formula is C21H27N3O. The summed E-state index contributed by atoms with van der Waals surface area (Å²) in [4.78, 5) is 19.6. The third-order valence-electron chi connectivity index (χ3n) is 6.32. The summed E-state index contributed by atoms with van der Waals surface area (Å²) < 4.78 is 0. The molecule has 2 heterocycles. The lowest BCUT2D eigenvalue weighted by Gasteiger charge is -2.48. The van der Waals surface area contributed by atoms with Crippen LogP contribution in [0.2, 0.25) is 0 Å². The van der Waals surface area contributed by atoms with Gasteiger partial charge in [0.25, 0.3) is 5.91 Å². The fraction of sp³-hybridized carbons (Fsp3) is 0.524. The zero-order chi connectivity index (χ0) is 17.5. The summed E-state index contributed by atoms with van der Waals surface area (Å²) in [5, 5.41) is 3.37. The number of hydrogen-bond donors (Lipinski definition) is 1. The van der Waals surface area contributed by atoms with Gasteiger partial charge in [0.1, 0.15) is 5.69 Å². The van der Waals surface area contributed by atoms with Crippen molar-refractivity contribution in [2.45, 2.75) is 63.5 Å². The van der Waals surface area contributed by atoms with E-state index in [1.54, 1.807) is 6.20 Å². The summed E-state index contributed by atoms with van der Waals surface area (Å²) in [5.74, 6) is -0.0245. The molecule has 25 heavy (non-hydrogen) atoms. The van der Waals surface area contributed by atoms with E-state index in [1.807, 2.05) is 19.1 Å². The molecule has 0 radical (unpaired) electrons. The van der Waals surface area contributed by atoms with Crippen molar-refractivity contribution in [2.75, 3.05) is 6.54 Å². The van der Waals surface area contributed by atoms with Crippen molar-refractivity contribution in [3.8, 4) is 0 Å². The van der Waals surface area contributed by atoms with Crippen LogP contribution in [-0.4, -0.2) is 33.4 Å². The van der Waals surface area contributed by atoms with Crippen molar-refractivity contribution >= 4 is 5.91 Å². The Hall–Kier alpha value is -2.10. The lowest BCUT2D eigenvalue weighted by atomic mass is 9.77. The van der Waals surface area contributed by atoms with Gasteiger partial charge in [0.15, 0.2) is 0 Å². The minimum atomic E-state index is -0.0661. The largest absolute Gasteiger partial charge is 0.366 e. The average molecular weight is 337 g/mol. The molecule has 2 fully saturated rings. The molecule has 2 atom stereocenters. The van der Waals surface area contributed by atoms with Crippen LogP contribution in [0.1, 0.15) is 61.5 Å². The van der Waals surface area contributed by atoms with E-state index in [9.17, 15) is 4.79 Å². The van der Waals surface area contributed by atoms with E-state index < -0.39 is 0 Å². The Morgan fingerprint density at radius 3 is 2.84 bits per heavy atom. The van der Waals surface area contributed by atoms with Crippen LogP contribution in [0.15, 0.2) is 42.3 Å². The minimum Gasteiger partial charge on any atom is -0.366 e. The number of carbonyl (C=O) groups is 1. The summed E-state index contributed by atoms with van der Waals surface area (Å²) in [6.07, 6.45) is 15.1. The first-order chi connectivity index (χ1) is 12.0. The van der Waals surface area contributed by atoms with Gasteiger partial charge in [-0.3, -0.25) is 9.78 Å². The smallest absolute Gasteiger partial charge is 0.270 e. The van der Waals surface area contributed by atoms with Gasteiger partial charge in [-0.2, -0.15) is 0 Å². The van der Waals surface area contributed by atoms with Crippen molar-refractivity contribution in [1.82, 2.24) is 15.2 Å². The van der Waals surface area contributed by atoms with Gasteiger partial charge in [0.2, 0.25) is 0 Å². The molecule has 1 N–H and O–H groups in total. The third-order valence-corrected chi connectivity index (χ3v) is 6.32. The fourth-order valence-electron chi connectivity index (χ4n) is 5.08. The van der Waals surface area contributed by atoms with Gasteiger partial charge < -0.3 is 10.2 Å². The number of aryl methyl sites for hydroxylation is 1. The molecule has 0 saturated heterocycles. The Morgan fingerprint density at radius 2 is 2.08 bits per heavy atom. The highest BCUT2D eigenvalue weighted by atomic mass is 16.2. The molecule has 1 amide bonds. The molecule has 1 aromatic heterocycles. The van der Waals surface area contributed by atoms with Crippen LogP contribution in [0.4, 0.5) is 0 Å². The Labute approximate surface area is 150 Å². The Kier molecular flexibility index (Phi) is 3.94. The molecule has 4 rings (SSSR count). The predicted molar refractivity (Wildman–Crippen MR) is 99.2 cm³/mol. The number of carbonyl (C=O) groups excluding carboxylic acids is 1. The second kappa shape index (κ2) is 6.01. The molecule has 4 heteroatoms. The maximum atomic E-state index is 12.7. The molecular weight excluding hydrogens is 310 g/mol. The topological polar surface area (TPSA) is 45.2 Å². The first-order valence-corrected chi connectivity index (χ1v) is 9.38. The lowest BCUT2D eigenvalue weighted by molar-refractivity contribution is 0.0753. The fourth-order valence-corrected chi connectivity index (χ4v) is 5.08. The van der Waals surface area contributed by atoms with E-state index in [-0.39, 0.29) is 17.0 Å². The summed E-state index contributed by atoms with van der Waals surface area (Å²) in [5.41, 5.74) is 3.10. The van der Waals surface area contributed by atoms with E-state index in [0.29, 0.717) is 5.69 Å². The molecule has 2 unspecified atom stereocenters. The number of nitrogens with zero attached hydrogens (tertiary/aromatic N) is 2. The zero-order valence-corrected chi connectivity index (χ0v) is 15.2. The van der Waals surface area contributed by atoms with Crippen LogP contribution >= 0.6 is 0 Å². The number of rotatable bonds is 3. The predicted octanol–water partition coefficient (Wildman–Crippen LogP) is 3.74. The van der Waals surface area contributed by atoms with Gasteiger partial charge in [-0.15, -0.1) is 0 Å². The molecule has 2 aliphatic carbocycles. The van der Waals surface area contributed by atoms with Crippen molar-refractivity contribution < 1.29 is 4.79 Å². The van der Waals surface area contributed by atoms with Crippen LogP contribution in [0, 0.1) is 6.92 Å². The van der Waals surface area contributed by atoms with Gasteiger partial charge in [0.05, 0.1) is 0 Å². The number of aromatic nitrogens is 1. The Bertz CT molecular complexity index is 736. The number of hydrogen-bond acceptors (Lipinski definition) is 3. The molecule has 132 valence electrons. The Morgan fingerprint density at radius 1 is 1.20 bits per heavy atom. The molecule has 1 aliphatic heterocycles. The van der Waals surface area contributed by atoms with Crippen LogP contribution < -0.4 is 5.32 Å². The quantitative estimate of drug-likeness (QED) is 0.914. The summed E-state index contributed by atoms with van der Waals surface area (Å²) >= 11 is 0. The third kappa shape index (κ3) is 2.88. The highest BCUT2D eigenvalue weighted by molar-refractivity contribution is 5.92. The average Bonchev–Trinajstić information content (AvgIpc) is 2.87. The zero-order valence-electron chi connectivity index (χ0n) is 15.2. The summed E-state index contributed by atoms with van der Waals surface area (Å²) in [7, 11) is 0. The number of fused-ring (bicyclic) bond motifs is 2. The normalized spacial score (nSPS) is 31.0. The van der Waals surface area contributed by atoms with E-state index in [4.69, 9.17) is 0 Å². The number of amides is 1. The molecule has 3 aliphatic rings. The second-order valence-corrected chi connectivity index (χ2v) is 8.06. The van der Waals surface area contributed by atoms with Gasteiger partial charge in [-0.05, 0) is 70.1 Å². The lowest BCUT2D eigenvalue weighted by Crippen LogP contribution is -2.55. The molecule has 2 saturated carbocycles. The Balaban J connectivity index is 1.53. The first kappa shape index (κ1) is 16.4. The SMILES string of the molecule is CC1=CC=CCN1C12CCCC(NC(=O)c3ccc(C)cn3)(CC1)C2. The van der Waals surface area contributed by atoms with E-state index in [2.05, 4.69) is 40.4 Å². The number of nitrogens with one attached hydrogen (secondary N) is 1. The van der Waals surface area contributed by atoms with Crippen LogP contribution in [0.3, 0.4) is 0 Å². The van der Waals surface area contributed by atoms with E-state index >= 15 is 0 Å². The van der Waals surface area contributed by atoms with E-state index in [1.165, 1.54) is 18.5 Å². The van der Waals surface area contributed by atoms with E-state index in [0.717, 1.165) is 37.8 Å². The van der Waals surface area contributed by atoms with Crippen LogP contribution in [0.5, 0.6) is 0 Å². The highest BCUT2D eigenvalue weighted by Gasteiger charge is 2.54. The minimum absolute atomic E-state index is 0.0245. The van der Waals surface area contributed by atoms with Crippen LogP contribution in [0.25, 0.3) is 0 Å². The van der Waals surface area contributed by atoms with Crippen molar-refractivity contribution in [3.63, 3.8) is 0 Å². The molecule has 0 spiro atoms.